The summed E-state index contributed by atoms with van der Waals surface area (Å²) >= 11 is 0. The van der Waals surface area contributed by atoms with Crippen molar-refractivity contribution in [1.29, 1.82) is 0 Å². The van der Waals surface area contributed by atoms with Gasteiger partial charge in [-0.2, -0.15) is 4.98 Å². The lowest BCUT2D eigenvalue weighted by Gasteiger charge is -1.91. The average molecular weight is 162 g/mol. The first kappa shape index (κ1) is 6.90. The third kappa shape index (κ3) is 1.16. The molecule has 5 heteroatoms. The van der Waals surface area contributed by atoms with Crippen LogP contribution in [0.5, 0.6) is 0 Å². The number of rotatable bonds is 1. The monoisotopic (exact) mass is 162 g/mol. The van der Waals surface area contributed by atoms with E-state index in [4.69, 9.17) is 0 Å². The molecule has 0 aliphatic rings. The lowest BCUT2D eigenvalue weighted by Crippen LogP contribution is -1.90. The fraction of sp³-hybridized carbons (Fsp3) is 0.143. The molecular formula is C7H6N4O. The predicted octanol–water partition coefficient (Wildman–Crippen LogP) is 0.835. The molecule has 60 valence electrons. The fourth-order valence-electron chi connectivity index (χ4n) is 0.777. The Labute approximate surface area is 68.5 Å². The molecule has 0 fully saturated rings. The highest BCUT2D eigenvalue weighted by Gasteiger charge is 2.04. The summed E-state index contributed by atoms with van der Waals surface area (Å²) in [6, 6.07) is 0. The molecule has 0 bridgehead atoms. The van der Waals surface area contributed by atoms with Crippen molar-refractivity contribution < 1.29 is 4.52 Å². The summed E-state index contributed by atoms with van der Waals surface area (Å²) in [5.74, 6) is 0.893. The zero-order valence-electron chi connectivity index (χ0n) is 6.43. The highest BCUT2D eigenvalue weighted by molar-refractivity contribution is 5.40. The highest BCUT2D eigenvalue weighted by atomic mass is 16.5. The number of nitrogens with zero attached hydrogens (tertiary/aromatic N) is 4. The second-order valence-electron chi connectivity index (χ2n) is 2.34. The van der Waals surface area contributed by atoms with Crippen molar-refractivity contribution in [2.75, 3.05) is 0 Å². The topological polar surface area (TPSA) is 64.7 Å². The Morgan fingerprint density at radius 1 is 1.08 bits per heavy atom. The van der Waals surface area contributed by atoms with Gasteiger partial charge in [0.1, 0.15) is 0 Å². The Balaban J connectivity index is 2.43. The number of hydrogen-bond acceptors (Lipinski definition) is 5. The zero-order valence-corrected chi connectivity index (χ0v) is 6.43. The minimum absolute atomic E-state index is 0.412. The smallest absolute Gasteiger partial charge is 0.239 e. The van der Waals surface area contributed by atoms with Crippen molar-refractivity contribution in [2.24, 2.45) is 0 Å². The molecule has 5 nitrogen and oxygen atoms in total. The van der Waals surface area contributed by atoms with Crippen LogP contribution in [-0.4, -0.2) is 20.1 Å². The second kappa shape index (κ2) is 2.69. The quantitative estimate of drug-likeness (QED) is 0.621. The number of hydrogen-bond donors (Lipinski definition) is 0. The van der Waals surface area contributed by atoms with Gasteiger partial charge in [0.25, 0.3) is 0 Å². The second-order valence-corrected chi connectivity index (χ2v) is 2.34. The van der Waals surface area contributed by atoms with Crippen LogP contribution in [0.25, 0.3) is 11.6 Å². The molecule has 0 aromatic carbocycles. The van der Waals surface area contributed by atoms with Gasteiger partial charge in [0.05, 0.1) is 0 Å². The molecule has 0 saturated heterocycles. The highest BCUT2D eigenvalue weighted by Crippen LogP contribution is 2.06. The Bertz CT molecular complexity index is 353. The summed E-state index contributed by atoms with van der Waals surface area (Å²) in [6.45, 7) is 1.92. The van der Waals surface area contributed by atoms with Gasteiger partial charge in [-0.25, -0.2) is 9.97 Å². The largest absolute Gasteiger partial charge is 0.342 e. The molecule has 0 aliphatic heterocycles. The van der Waals surface area contributed by atoms with E-state index in [1.807, 2.05) is 6.92 Å². The van der Waals surface area contributed by atoms with Crippen LogP contribution in [0.1, 0.15) is 5.56 Å². The van der Waals surface area contributed by atoms with Crippen LogP contribution in [0, 0.1) is 6.92 Å². The van der Waals surface area contributed by atoms with E-state index in [1.165, 1.54) is 6.39 Å². The molecule has 0 amide bonds. The molecule has 0 unspecified atom stereocenters. The Hall–Kier alpha value is -1.78. The summed E-state index contributed by atoms with van der Waals surface area (Å²) in [5, 5.41) is 3.61. The Morgan fingerprint density at radius 3 is 2.42 bits per heavy atom. The van der Waals surface area contributed by atoms with E-state index in [1.54, 1.807) is 12.4 Å². The van der Waals surface area contributed by atoms with E-state index in [9.17, 15) is 0 Å². The molecule has 12 heavy (non-hydrogen) atoms. The minimum Gasteiger partial charge on any atom is -0.342 e. The molecule has 0 N–H and O–H groups in total. The maximum Gasteiger partial charge on any atom is 0.239 e. The first-order valence-electron chi connectivity index (χ1n) is 3.41. The van der Waals surface area contributed by atoms with Crippen LogP contribution >= 0.6 is 0 Å². The summed E-state index contributed by atoms with van der Waals surface area (Å²) in [4.78, 5) is 11.9. The molecule has 2 aromatic rings. The van der Waals surface area contributed by atoms with Crippen molar-refractivity contribution in [2.45, 2.75) is 6.92 Å². The molecule has 2 heterocycles. The maximum absolute atomic E-state index is 4.56. The van der Waals surface area contributed by atoms with Crippen LogP contribution < -0.4 is 0 Å². The zero-order chi connectivity index (χ0) is 8.39. The van der Waals surface area contributed by atoms with Crippen LogP contribution in [0.15, 0.2) is 23.3 Å². The number of aryl methyl sites for hydroxylation is 1. The van der Waals surface area contributed by atoms with Crippen molar-refractivity contribution in [3.05, 3.63) is 24.4 Å². The average Bonchev–Trinajstić information content (AvgIpc) is 2.58. The van der Waals surface area contributed by atoms with E-state index in [0.717, 1.165) is 5.56 Å². The van der Waals surface area contributed by atoms with Crippen LogP contribution in [0.4, 0.5) is 0 Å². The summed E-state index contributed by atoms with van der Waals surface area (Å²) in [7, 11) is 0. The summed E-state index contributed by atoms with van der Waals surface area (Å²) in [6.07, 6.45) is 4.66. The molecule has 2 aromatic heterocycles. The van der Waals surface area contributed by atoms with E-state index in [2.05, 4.69) is 24.6 Å². The first-order valence-corrected chi connectivity index (χ1v) is 3.41. The van der Waals surface area contributed by atoms with E-state index >= 15 is 0 Å². The van der Waals surface area contributed by atoms with Crippen molar-refractivity contribution in [3.8, 4) is 11.6 Å². The molecule has 2 rings (SSSR count). The molecule has 0 radical (unpaired) electrons. The van der Waals surface area contributed by atoms with Gasteiger partial charge in [-0.3, -0.25) is 0 Å². The standard InChI is InChI=1S/C7H6N4O/c1-5-2-8-6(9-3-5)7-10-4-12-11-7/h2-4H,1H3. The van der Waals surface area contributed by atoms with E-state index in [0.29, 0.717) is 11.6 Å². The minimum atomic E-state index is 0.412. The van der Waals surface area contributed by atoms with Gasteiger partial charge in [0.2, 0.25) is 18.0 Å². The molecule has 0 aliphatic carbocycles. The lowest BCUT2D eigenvalue weighted by atomic mass is 10.4. The fourth-order valence-corrected chi connectivity index (χ4v) is 0.777. The van der Waals surface area contributed by atoms with Gasteiger partial charge in [-0.15, -0.1) is 0 Å². The lowest BCUT2D eigenvalue weighted by molar-refractivity contribution is 0.418. The first-order chi connectivity index (χ1) is 5.86. The van der Waals surface area contributed by atoms with Crippen LogP contribution in [-0.2, 0) is 0 Å². The molecule has 0 spiro atoms. The normalized spacial score (nSPS) is 10.1. The van der Waals surface area contributed by atoms with Crippen LogP contribution in [0.3, 0.4) is 0 Å². The van der Waals surface area contributed by atoms with Gasteiger partial charge >= 0.3 is 0 Å². The molecular weight excluding hydrogens is 156 g/mol. The third-order valence-corrected chi connectivity index (χ3v) is 1.34. The van der Waals surface area contributed by atoms with Gasteiger partial charge in [0, 0.05) is 12.4 Å². The predicted molar refractivity (Wildman–Crippen MR) is 40.1 cm³/mol. The summed E-state index contributed by atoms with van der Waals surface area (Å²) in [5.41, 5.74) is 1.00. The Kier molecular flexibility index (Phi) is 1.55. The van der Waals surface area contributed by atoms with Crippen molar-refractivity contribution in [3.63, 3.8) is 0 Å². The van der Waals surface area contributed by atoms with Crippen molar-refractivity contribution >= 4 is 0 Å². The molecule has 0 atom stereocenters. The van der Waals surface area contributed by atoms with Gasteiger partial charge < -0.3 is 4.52 Å². The SMILES string of the molecule is Cc1cnc(-c2ncon2)nc1. The maximum atomic E-state index is 4.56. The van der Waals surface area contributed by atoms with E-state index < -0.39 is 0 Å². The van der Waals surface area contributed by atoms with Crippen molar-refractivity contribution in [1.82, 2.24) is 20.1 Å². The summed E-state index contributed by atoms with van der Waals surface area (Å²) < 4.78 is 4.56. The molecule has 0 saturated carbocycles. The van der Waals surface area contributed by atoms with Crippen LogP contribution in [0.2, 0.25) is 0 Å². The third-order valence-electron chi connectivity index (χ3n) is 1.34. The Morgan fingerprint density at radius 2 is 1.83 bits per heavy atom. The van der Waals surface area contributed by atoms with Gasteiger partial charge in [0.15, 0.2) is 0 Å². The number of aromatic nitrogens is 4. The van der Waals surface area contributed by atoms with E-state index in [-0.39, 0.29) is 0 Å². The van der Waals surface area contributed by atoms with Gasteiger partial charge in [-0.05, 0) is 12.5 Å². The van der Waals surface area contributed by atoms with Gasteiger partial charge in [-0.1, -0.05) is 5.16 Å².